The fraction of sp³-hybridized carbons (Fsp3) is 0.545. The minimum absolute atomic E-state index is 0.0363. The van der Waals surface area contributed by atoms with Crippen LogP contribution in [0.2, 0.25) is 5.15 Å². The Hall–Kier alpha value is -1.60. The molecule has 0 unspecified atom stereocenters. The molecule has 0 bridgehead atoms. The predicted molar refractivity (Wildman–Crippen MR) is 72.7 cm³/mol. The molecule has 1 heterocycles. The summed E-state index contributed by atoms with van der Waals surface area (Å²) in [4.78, 5) is 7.83. The number of oxime groups is 1. The largest absolute Gasteiger partial charge is 0.411 e. The second-order valence-corrected chi connectivity index (χ2v) is 5.10. The highest BCUT2D eigenvalue weighted by Gasteiger charge is 2.36. The fourth-order valence-electron chi connectivity index (χ4n) is 2.10. The number of aromatic nitrogens is 2. The number of nitrogens with zero attached hydrogens (tertiary/aromatic N) is 3. The number of nitrogen functional groups attached to an aromatic ring is 1. The molecule has 104 valence electrons. The highest BCUT2D eigenvalue weighted by atomic mass is 35.5. The van der Waals surface area contributed by atoms with Gasteiger partial charge in [0.15, 0.2) is 0 Å². The molecule has 0 spiro atoms. The first-order valence-electron chi connectivity index (χ1n) is 5.95. The lowest BCUT2D eigenvalue weighted by Crippen LogP contribution is -2.40. The van der Waals surface area contributed by atoms with Crippen molar-refractivity contribution in [3.63, 3.8) is 0 Å². The SMILES string of the molecule is Nc1nc(Cl)c(C=NO)c(NCC2(CO)CCC2)n1. The number of anilines is 2. The third-order valence-corrected chi connectivity index (χ3v) is 3.77. The quantitative estimate of drug-likeness (QED) is 0.278. The van der Waals surface area contributed by atoms with E-state index in [9.17, 15) is 5.11 Å². The molecule has 1 aromatic rings. The zero-order valence-corrected chi connectivity index (χ0v) is 11.1. The van der Waals surface area contributed by atoms with Gasteiger partial charge >= 0.3 is 0 Å². The van der Waals surface area contributed by atoms with Crippen molar-refractivity contribution in [1.82, 2.24) is 9.97 Å². The molecule has 8 heteroatoms. The van der Waals surface area contributed by atoms with Gasteiger partial charge in [-0.25, -0.2) is 4.98 Å². The first-order valence-corrected chi connectivity index (χ1v) is 6.33. The fourth-order valence-corrected chi connectivity index (χ4v) is 2.33. The molecular formula is C11H16ClN5O2. The maximum atomic E-state index is 9.41. The Kier molecular flexibility index (Phi) is 4.06. The smallest absolute Gasteiger partial charge is 0.223 e. The van der Waals surface area contributed by atoms with Crippen LogP contribution in [0.15, 0.2) is 5.16 Å². The number of rotatable bonds is 5. The molecule has 1 saturated carbocycles. The van der Waals surface area contributed by atoms with Crippen LogP contribution in [0.3, 0.4) is 0 Å². The van der Waals surface area contributed by atoms with Gasteiger partial charge in [0.1, 0.15) is 11.0 Å². The van der Waals surface area contributed by atoms with Gasteiger partial charge in [0.2, 0.25) is 5.95 Å². The van der Waals surface area contributed by atoms with Gasteiger partial charge in [-0.3, -0.25) is 0 Å². The van der Waals surface area contributed by atoms with Crippen molar-refractivity contribution in [2.75, 3.05) is 24.2 Å². The number of halogens is 1. The number of nitrogens with two attached hydrogens (primary N) is 1. The van der Waals surface area contributed by atoms with Crippen molar-refractivity contribution in [1.29, 1.82) is 0 Å². The van der Waals surface area contributed by atoms with E-state index in [0.717, 1.165) is 25.5 Å². The van der Waals surface area contributed by atoms with Crippen LogP contribution in [0, 0.1) is 5.41 Å². The average molecular weight is 286 g/mol. The van der Waals surface area contributed by atoms with E-state index in [-0.39, 0.29) is 23.1 Å². The summed E-state index contributed by atoms with van der Waals surface area (Å²) in [5.74, 6) is 0.435. The molecule has 0 amide bonds. The molecule has 0 atom stereocenters. The van der Waals surface area contributed by atoms with Gasteiger partial charge in [-0.2, -0.15) is 4.98 Å². The summed E-state index contributed by atoms with van der Waals surface area (Å²) in [5, 5.41) is 24.2. The summed E-state index contributed by atoms with van der Waals surface area (Å²) in [6, 6.07) is 0. The molecule has 0 aliphatic heterocycles. The highest BCUT2D eigenvalue weighted by Crippen LogP contribution is 2.40. The lowest BCUT2D eigenvalue weighted by Gasteiger charge is -2.40. The Labute approximate surface area is 115 Å². The van der Waals surface area contributed by atoms with Crippen LogP contribution in [0.1, 0.15) is 24.8 Å². The summed E-state index contributed by atoms with van der Waals surface area (Å²) in [6.07, 6.45) is 4.19. The molecule has 0 aromatic carbocycles. The number of aliphatic hydroxyl groups is 1. The number of hydrogen-bond donors (Lipinski definition) is 4. The molecule has 2 rings (SSSR count). The van der Waals surface area contributed by atoms with Gasteiger partial charge < -0.3 is 21.4 Å². The summed E-state index contributed by atoms with van der Waals surface area (Å²) < 4.78 is 0. The molecule has 0 saturated heterocycles. The van der Waals surface area contributed by atoms with E-state index in [1.807, 2.05) is 0 Å². The van der Waals surface area contributed by atoms with Crippen LogP contribution in [-0.2, 0) is 0 Å². The van der Waals surface area contributed by atoms with E-state index in [2.05, 4.69) is 20.4 Å². The molecule has 1 aliphatic rings. The summed E-state index contributed by atoms with van der Waals surface area (Å²) in [6.45, 7) is 0.681. The van der Waals surface area contributed by atoms with E-state index in [0.29, 0.717) is 17.9 Å². The van der Waals surface area contributed by atoms with Crippen LogP contribution in [0.4, 0.5) is 11.8 Å². The second-order valence-electron chi connectivity index (χ2n) is 4.74. The van der Waals surface area contributed by atoms with Crippen LogP contribution in [0.25, 0.3) is 0 Å². The minimum atomic E-state index is -0.111. The Morgan fingerprint density at radius 3 is 2.74 bits per heavy atom. The first kappa shape index (κ1) is 13.8. The van der Waals surface area contributed by atoms with Gasteiger partial charge in [0.25, 0.3) is 0 Å². The zero-order valence-electron chi connectivity index (χ0n) is 10.3. The van der Waals surface area contributed by atoms with Crippen molar-refractivity contribution in [2.24, 2.45) is 10.6 Å². The monoisotopic (exact) mass is 285 g/mol. The third-order valence-electron chi connectivity index (χ3n) is 3.48. The molecule has 5 N–H and O–H groups in total. The topological polar surface area (TPSA) is 117 Å². The van der Waals surface area contributed by atoms with Gasteiger partial charge in [-0.1, -0.05) is 23.2 Å². The van der Waals surface area contributed by atoms with Crippen molar-refractivity contribution >= 4 is 29.6 Å². The lowest BCUT2D eigenvalue weighted by atomic mass is 9.69. The van der Waals surface area contributed by atoms with Crippen molar-refractivity contribution in [3.8, 4) is 0 Å². The number of aliphatic hydroxyl groups excluding tert-OH is 1. The summed E-state index contributed by atoms with van der Waals surface area (Å²) >= 11 is 5.92. The number of nitrogens with one attached hydrogen (secondary N) is 1. The molecule has 1 aromatic heterocycles. The van der Waals surface area contributed by atoms with Gasteiger partial charge in [-0.05, 0) is 12.8 Å². The van der Waals surface area contributed by atoms with Crippen molar-refractivity contribution < 1.29 is 10.3 Å². The summed E-state index contributed by atoms with van der Waals surface area (Å²) in [5.41, 5.74) is 5.79. The van der Waals surface area contributed by atoms with E-state index in [1.165, 1.54) is 0 Å². The third kappa shape index (κ3) is 2.87. The predicted octanol–water partition coefficient (Wildman–Crippen LogP) is 1.09. The van der Waals surface area contributed by atoms with Crippen LogP contribution >= 0.6 is 11.6 Å². The first-order chi connectivity index (χ1) is 9.10. The second kappa shape index (κ2) is 5.58. The van der Waals surface area contributed by atoms with Crippen molar-refractivity contribution in [3.05, 3.63) is 10.7 Å². The Balaban J connectivity index is 2.19. The highest BCUT2D eigenvalue weighted by molar-refractivity contribution is 6.32. The molecular weight excluding hydrogens is 270 g/mol. The van der Waals surface area contributed by atoms with Crippen LogP contribution in [0.5, 0.6) is 0 Å². The Morgan fingerprint density at radius 2 is 2.21 bits per heavy atom. The number of hydrogen-bond acceptors (Lipinski definition) is 7. The maximum absolute atomic E-state index is 9.41. The van der Waals surface area contributed by atoms with E-state index in [1.54, 1.807) is 0 Å². The van der Waals surface area contributed by atoms with Crippen molar-refractivity contribution in [2.45, 2.75) is 19.3 Å². The standard InChI is InChI=1S/C11H16ClN5O2/c12-8-7(4-15-19)9(17-10(13)16-8)14-5-11(6-18)2-1-3-11/h4,18-19H,1-3,5-6H2,(H3,13,14,16,17). The van der Waals surface area contributed by atoms with Crippen LogP contribution in [-0.4, -0.2) is 39.6 Å². The van der Waals surface area contributed by atoms with Gasteiger partial charge in [-0.15, -0.1) is 0 Å². The summed E-state index contributed by atoms with van der Waals surface area (Å²) in [7, 11) is 0. The van der Waals surface area contributed by atoms with Gasteiger partial charge in [0, 0.05) is 12.0 Å². The van der Waals surface area contributed by atoms with Crippen LogP contribution < -0.4 is 11.1 Å². The minimum Gasteiger partial charge on any atom is -0.411 e. The molecule has 7 nitrogen and oxygen atoms in total. The Morgan fingerprint density at radius 1 is 1.47 bits per heavy atom. The van der Waals surface area contributed by atoms with E-state index in [4.69, 9.17) is 22.5 Å². The normalized spacial score (nSPS) is 17.4. The van der Waals surface area contributed by atoms with E-state index < -0.39 is 0 Å². The zero-order chi connectivity index (χ0) is 13.9. The molecule has 0 radical (unpaired) electrons. The van der Waals surface area contributed by atoms with Gasteiger partial charge in [0.05, 0.1) is 18.4 Å². The molecule has 1 fully saturated rings. The van der Waals surface area contributed by atoms with E-state index >= 15 is 0 Å². The average Bonchev–Trinajstić information content (AvgIpc) is 2.32. The molecule has 19 heavy (non-hydrogen) atoms. The maximum Gasteiger partial charge on any atom is 0.223 e. The lowest BCUT2D eigenvalue weighted by molar-refractivity contribution is 0.0576. The Bertz CT molecular complexity index is 485. The molecule has 1 aliphatic carbocycles.